The number of hydrogen-bond acceptors (Lipinski definition) is 8. The van der Waals surface area contributed by atoms with Crippen LogP contribution in [0.4, 0.5) is 0 Å². The van der Waals surface area contributed by atoms with E-state index in [0.717, 1.165) is 5.56 Å². The number of ether oxygens (including phenoxy) is 3. The lowest BCUT2D eigenvalue weighted by atomic mass is 9.95. The molecule has 0 saturated carbocycles. The first-order valence-corrected chi connectivity index (χ1v) is 11.8. The van der Waals surface area contributed by atoms with Crippen molar-refractivity contribution in [3.05, 3.63) is 84.0 Å². The van der Waals surface area contributed by atoms with Crippen molar-refractivity contribution in [1.29, 1.82) is 0 Å². The molecule has 0 bridgehead atoms. The minimum Gasteiger partial charge on any atom is -0.504 e. The number of nitrogens with zero attached hydrogens (tertiary/aromatic N) is 2. The van der Waals surface area contributed by atoms with E-state index < -0.39 is 12.0 Å². The molecule has 0 amide bonds. The third kappa shape index (κ3) is 4.35. The van der Waals surface area contributed by atoms with E-state index in [-0.39, 0.29) is 17.9 Å². The lowest BCUT2D eigenvalue weighted by Crippen LogP contribution is -2.40. The first-order valence-electron chi connectivity index (χ1n) is 11.0. The number of esters is 1. The van der Waals surface area contributed by atoms with E-state index in [1.54, 1.807) is 45.2 Å². The van der Waals surface area contributed by atoms with Crippen LogP contribution >= 0.6 is 11.3 Å². The summed E-state index contributed by atoms with van der Waals surface area (Å²) in [5, 5.41) is 10.5. The van der Waals surface area contributed by atoms with Crippen LogP contribution in [0, 0.1) is 6.92 Å². The molecule has 9 heteroatoms. The van der Waals surface area contributed by atoms with Gasteiger partial charge in [-0.2, -0.15) is 0 Å². The molecule has 0 unspecified atom stereocenters. The molecule has 1 atom stereocenters. The van der Waals surface area contributed by atoms with Crippen LogP contribution in [-0.4, -0.2) is 36.5 Å². The summed E-state index contributed by atoms with van der Waals surface area (Å²) in [5.74, 6) is 0.349. The lowest BCUT2D eigenvalue weighted by molar-refractivity contribution is -0.139. The number of methoxy groups -OCH3 is 2. The van der Waals surface area contributed by atoms with Crippen molar-refractivity contribution in [1.82, 2.24) is 4.57 Å². The molecular weight excluding hydrogens is 468 g/mol. The molecule has 4 rings (SSSR count). The molecule has 8 nitrogen and oxygen atoms in total. The van der Waals surface area contributed by atoms with E-state index in [9.17, 15) is 14.7 Å². The number of hydrogen-bond donors (Lipinski definition) is 1. The molecule has 3 aromatic rings. The summed E-state index contributed by atoms with van der Waals surface area (Å²) >= 11 is 1.18. The summed E-state index contributed by atoms with van der Waals surface area (Å²) < 4.78 is 17.9. The van der Waals surface area contributed by atoms with E-state index in [1.165, 1.54) is 23.0 Å². The molecule has 0 spiro atoms. The standard InChI is InChI=1S/C26H26N2O6S/c1-6-34-25(31)21-15(3)27-26-28(22(21)16-11-10-14(2)19(12-16)33-5)24(30)20(35-26)13-17-8-7-9-18(32-4)23(17)29/h7-13,22,29H,6H2,1-5H3/b20-13+/t22-/m1/s1. The lowest BCUT2D eigenvalue weighted by Gasteiger charge is -2.25. The Morgan fingerprint density at radius 3 is 2.60 bits per heavy atom. The predicted molar refractivity (Wildman–Crippen MR) is 133 cm³/mol. The number of allylic oxidation sites excluding steroid dienone is 1. The summed E-state index contributed by atoms with van der Waals surface area (Å²) in [5.41, 5.74) is 2.49. The molecule has 0 saturated heterocycles. The fourth-order valence-electron chi connectivity index (χ4n) is 4.08. The van der Waals surface area contributed by atoms with Crippen LogP contribution in [0.25, 0.3) is 6.08 Å². The third-order valence-electron chi connectivity index (χ3n) is 5.80. The monoisotopic (exact) mass is 494 g/mol. The number of aromatic nitrogens is 1. The highest BCUT2D eigenvalue weighted by atomic mass is 32.1. The van der Waals surface area contributed by atoms with Gasteiger partial charge in [-0.25, -0.2) is 9.79 Å². The quantitative estimate of drug-likeness (QED) is 0.529. The molecule has 0 radical (unpaired) electrons. The van der Waals surface area contributed by atoms with E-state index in [0.29, 0.717) is 43.2 Å². The fourth-order valence-corrected chi connectivity index (χ4v) is 5.11. The first kappa shape index (κ1) is 24.3. The maximum absolute atomic E-state index is 13.7. The minimum atomic E-state index is -0.749. The van der Waals surface area contributed by atoms with Gasteiger partial charge in [-0.05, 0) is 50.1 Å². The SMILES string of the molecule is CCOC(=O)C1=C(C)N=c2s/c(=C/c3cccc(OC)c3O)c(=O)n2[C@@H]1c1ccc(C)c(OC)c1. The molecule has 0 aliphatic carbocycles. The van der Waals surface area contributed by atoms with Crippen LogP contribution in [-0.2, 0) is 9.53 Å². The van der Waals surface area contributed by atoms with Gasteiger partial charge < -0.3 is 19.3 Å². The Hall–Kier alpha value is -3.85. The van der Waals surface area contributed by atoms with Crippen molar-refractivity contribution >= 4 is 23.4 Å². The Kier molecular flexibility index (Phi) is 6.79. The predicted octanol–water partition coefficient (Wildman–Crippen LogP) is 2.83. The second kappa shape index (κ2) is 9.79. The van der Waals surface area contributed by atoms with Gasteiger partial charge in [0.15, 0.2) is 16.3 Å². The highest BCUT2D eigenvalue weighted by Gasteiger charge is 2.33. The summed E-state index contributed by atoms with van der Waals surface area (Å²) in [6.07, 6.45) is 1.60. The zero-order chi connectivity index (χ0) is 25.3. The van der Waals surface area contributed by atoms with Gasteiger partial charge in [-0.15, -0.1) is 0 Å². The third-order valence-corrected chi connectivity index (χ3v) is 6.78. The number of aromatic hydroxyl groups is 1. The number of thiazole rings is 1. The number of carbonyl (C=O) groups excluding carboxylic acids is 1. The van der Waals surface area contributed by atoms with Crippen molar-refractivity contribution in [2.75, 3.05) is 20.8 Å². The van der Waals surface area contributed by atoms with Crippen molar-refractivity contribution in [3.63, 3.8) is 0 Å². The highest BCUT2D eigenvalue weighted by Crippen LogP contribution is 2.34. The first-order chi connectivity index (χ1) is 16.8. The molecule has 2 aromatic carbocycles. The molecule has 182 valence electrons. The summed E-state index contributed by atoms with van der Waals surface area (Å²) in [7, 11) is 3.04. The van der Waals surface area contributed by atoms with Crippen molar-refractivity contribution in [2.45, 2.75) is 26.8 Å². The Bertz CT molecular complexity index is 1520. The summed E-state index contributed by atoms with van der Waals surface area (Å²) in [6.45, 7) is 5.57. The topological polar surface area (TPSA) is 99.4 Å². The van der Waals surface area contributed by atoms with E-state index in [1.807, 2.05) is 25.1 Å². The Balaban J connectivity index is 1.98. The van der Waals surface area contributed by atoms with Crippen LogP contribution in [0.5, 0.6) is 17.2 Å². The van der Waals surface area contributed by atoms with Gasteiger partial charge in [-0.1, -0.05) is 35.6 Å². The number of aryl methyl sites for hydroxylation is 1. The zero-order valence-corrected chi connectivity index (χ0v) is 20.9. The number of para-hydroxylation sites is 1. The van der Waals surface area contributed by atoms with Gasteiger partial charge in [0.2, 0.25) is 0 Å². The Morgan fingerprint density at radius 1 is 1.17 bits per heavy atom. The molecule has 1 aromatic heterocycles. The van der Waals surface area contributed by atoms with Crippen LogP contribution in [0.3, 0.4) is 0 Å². The Labute approximate surface area is 206 Å². The smallest absolute Gasteiger partial charge is 0.338 e. The number of benzene rings is 2. The van der Waals surface area contributed by atoms with Gasteiger partial charge in [0, 0.05) is 5.56 Å². The van der Waals surface area contributed by atoms with Gasteiger partial charge in [-0.3, -0.25) is 9.36 Å². The number of phenols is 1. The fraction of sp³-hybridized carbons (Fsp3) is 0.269. The van der Waals surface area contributed by atoms with Crippen LogP contribution in [0.15, 0.2) is 57.5 Å². The molecule has 35 heavy (non-hydrogen) atoms. The van der Waals surface area contributed by atoms with Crippen LogP contribution in [0.1, 0.15) is 36.6 Å². The Morgan fingerprint density at radius 2 is 1.91 bits per heavy atom. The van der Waals surface area contributed by atoms with Gasteiger partial charge in [0.25, 0.3) is 5.56 Å². The number of carbonyl (C=O) groups is 1. The zero-order valence-electron chi connectivity index (χ0n) is 20.1. The highest BCUT2D eigenvalue weighted by molar-refractivity contribution is 7.07. The summed E-state index contributed by atoms with van der Waals surface area (Å²) in [6, 6.07) is 9.87. The van der Waals surface area contributed by atoms with Crippen molar-refractivity contribution in [2.24, 2.45) is 4.99 Å². The second-order valence-electron chi connectivity index (χ2n) is 7.93. The second-order valence-corrected chi connectivity index (χ2v) is 8.94. The van der Waals surface area contributed by atoms with Crippen molar-refractivity contribution in [3.8, 4) is 17.2 Å². The average Bonchev–Trinajstić information content (AvgIpc) is 3.14. The minimum absolute atomic E-state index is 0.0657. The normalized spacial score (nSPS) is 15.5. The number of fused-ring (bicyclic) bond motifs is 1. The van der Waals surface area contributed by atoms with E-state index in [4.69, 9.17) is 14.2 Å². The molecule has 2 heterocycles. The largest absolute Gasteiger partial charge is 0.504 e. The van der Waals surface area contributed by atoms with Crippen LogP contribution < -0.4 is 24.4 Å². The van der Waals surface area contributed by atoms with Crippen LogP contribution in [0.2, 0.25) is 0 Å². The molecule has 1 N–H and O–H groups in total. The number of rotatable bonds is 6. The maximum Gasteiger partial charge on any atom is 0.338 e. The van der Waals surface area contributed by atoms with Gasteiger partial charge in [0.1, 0.15) is 5.75 Å². The molecular formula is C26H26N2O6S. The maximum atomic E-state index is 13.7. The average molecular weight is 495 g/mol. The van der Waals surface area contributed by atoms with Crippen molar-refractivity contribution < 1.29 is 24.1 Å². The van der Waals surface area contributed by atoms with Gasteiger partial charge >= 0.3 is 5.97 Å². The molecule has 1 aliphatic heterocycles. The van der Waals surface area contributed by atoms with E-state index in [2.05, 4.69) is 4.99 Å². The van der Waals surface area contributed by atoms with Gasteiger partial charge in [0.05, 0.1) is 42.7 Å². The number of phenolic OH excluding ortho intramolecular Hbond substituents is 1. The molecule has 1 aliphatic rings. The van der Waals surface area contributed by atoms with E-state index >= 15 is 0 Å². The summed E-state index contributed by atoms with van der Waals surface area (Å²) in [4.78, 5) is 31.7. The molecule has 0 fully saturated rings.